The maximum atomic E-state index is 13.9. The van der Waals surface area contributed by atoms with E-state index in [2.05, 4.69) is 5.32 Å². The predicted molar refractivity (Wildman–Crippen MR) is 166 cm³/mol. The van der Waals surface area contributed by atoms with E-state index in [4.69, 9.17) is 0 Å². The van der Waals surface area contributed by atoms with Gasteiger partial charge in [-0.2, -0.15) is 0 Å². The zero-order valence-electron chi connectivity index (χ0n) is 24.8. The third-order valence-electron chi connectivity index (χ3n) is 7.24. The number of benzene rings is 3. The van der Waals surface area contributed by atoms with E-state index < -0.39 is 16.1 Å². The Hall–Kier alpha value is -3.65. The van der Waals surface area contributed by atoms with E-state index in [-0.39, 0.29) is 37.4 Å². The maximum Gasteiger partial charge on any atom is 0.243 e. The van der Waals surface area contributed by atoms with Gasteiger partial charge in [-0.05, 0) is 56.4 Å². The summed E-state index contributed by atoms with van der Waals surface area (Å²) in [7, 11) is -3.55. The monoisotopic (exact) mass is 577 g/mol. The van der Waals surface area contributed by atoms with Crippen LogP contribution in [0.25, 0.3) is 0 Å². The van der Waals surface area contributed by atoms with Crippen LogP contribution >= 0.6 is 0 Å². The number of nitrogens with zero attached hydrogens (tertiary/aromatic N) is 2. The summed E-state index contributed by atoms with van der Waals surface area (Å²) in [5, 5.41) is 3.08. The number of nitrogens with one attached hydrogen (secondary N) is 1. The largest absolute Gasteiger partial charge is 0.352 e. The molecule has 7 nitrogen and oxygen atoms in total. The van der Waals surface area contributed by atoms with Crippen LogP contribution in [0.2, 0.25) is 0 Å². The smallest absolute Gasteiger partial charge is 0.243 e. The van der Waals surface area contributed by atoms with Gasteiger partial charge in [0.1, 0.15) is 6.04 Å². The summed E-state index contributed by atoms with van der Waals surface area (Å²) in [6.45, 7) is 8.27. The lowest BCUT2D eigenvalue weighted by Crippen LogP contribution is -2.52. The number of anilines is 1. The molecule has 0 saturated carbocycles. The molecule has 0 heterocycles. The number of carbonyl (C=O) groups is 2. The Balaban J connectivity index is 1.90. The van der Waals surface area contributed by atoms with Gasteiger partial charge in [0.25, 0.3) is 0 Å². The van der Waals surface area contributed by atoms with Crippen LogP contribution in [0.15, 0.2) is 78.9 Å². The summed E-state index contributed by atoms with van der Waals surface area (Å²) in [5.74, 6) is -0.383. The highest BCUT2D eigenvalue weighted by atomic mass is 32.2. The molecule has 220 valence electrons. The first-order valence-corrected chi connectivity index (χ1v) is 16.1. The minimum atomic E-state index is -3.55. The topological polar surface area (TPSA) is 86.8 Å². The van der Waals surface area contributed by atoms with Gasteiger partial charge in [0, 0.05) is 32.0 Å². The van der Waals surface area contributed by atoms with Crippen molar-refractivity contribution < 1.29 is 18.0 Å². The molecule has 0 aliphatic heterocycles. The molecule has 0 spiro atoms. The molecule has 3 rings (SSSR count). The van der Waals surface area contributed by atoms with E-state index in [0.717, 1.165) is 28.7 Å². The Morgan fingerprint density at radius 2 is 1.56 bits per heavy atom. The van der Waals surface area contributed by atoms with Crippen molar-refractivity contribution in [3.05, 3.63) is 101 Å². The molecule has 2 amide bonds. The summed E-state index contributed by atoms with van der Waals surface area (Å²) in [6.07, 6.45) is 2.75. The van der Waals surface area contributed by atoms with Gasteiger partial charge in [-0.3, -0.25) is 13.9 Å². The predicted octanol–water partition coefficient (Wildman–Crippen LogP) is 5.40. The number of para-hydroxylation sites is 1. The van der Waals surface area contributed by atoms with Gasteiger partial charge in [-0.1, -0.05) is 85.3 Å². The second-order valence-electron chi connectivity index (χ2n) is 10.8. The highest BCUT2D eigenvalue weighted by Crippen LogP contribution is 2.23. The first kappa shape index (κ1) is 31.9. The Morgan fingerprint density at radius 1 is 0.902 bits per heavy atom. The van der Waals surface area contributed by atoms with E-state index in [0.29, 0.717) is 18.5 Å². The number of hydrogen-bond donors (Lipinski definition) is 1. The van der Waals surface area contributed by atoms with Crippen LogP contribution in [0.3, 0.4) is 0 Å². The second-order valence-corrected chi connectivity index (χ2v) is 12.7. The fraction of sp³-hybridized carbons (Fsp3) is 0.394. The molecular formula is C33H43N3O4S. The van der Waals surface area contributed by atoms with Gasteiger partial charge in [0.05, 0.1) is 11.9 Å². The molecule has 0 saturated heterocycles. The lowest BCUT2D eigenvalue weighted by molar-refractivity contribution is -0.141. The van der Waals surface area contributed by atoms with Crippen molar-refractivity contribution in [1.82, 2.24) is 10.2 Å². The van der Waals surface area contributed by atoms with Crippen molar-refractivity contribution >= 4 is 27.5 Å². The Morgan fingerprint density at radius 3 is 2.20 bits per heavy atom. The SMILES string of the molecule is CC[C@H](C)NC(=O)[C@@H](Cc1ccccc1)N(Cc1cccc(C)c1)C(=O)CCCN(c1ccccc1C)S(C)(=O)=O. The first-order valence-electron chi connectivity index (χ1n) is 14.2. The van der Waals surface area contributed by atoms with E-state index in [1.54, 1.807) is 17.0 Å². The number of amides is 2. The molecule has 0 aromatic heterocycles. The number of aryl methyl sites for hydroxylation is 2. The summed E-state index contributed by atoms with van der Waals surface area (Å²) in [6, 6.07) is 24.2. The van der Waals surface area contributed by atoms with Crippen LogP contribution < -0.4 is 9.62 Å². The molecule has 0 radical (unpaired) electrons. The molecule has 0 bridgehead atoms. The molecule has 8 heteroatoms. The molecule has 1 N–H and O–H groups in total. The van der Waals surface area contributed by atoms with Crippen LogP contribution in [0.5, 0.6) is 0 Å². The van der Waals surface area contributed by atoms with Crippen molar-refractivity contribution in [3.8, 4) is 0 Å². The molecular weight excluding hydrogens is 534 g/mol. The van der Waals surface area contributed by atoms with E-state index in [9.17, 15) is 18.0 Å². The van der Waals surface area contributed by atoms with Crippen molar-refractivity contribution in [2.24, 2.45) is 0 Å². The summed E-state index contributed by atoms with van der Waals surface area (Å²) < 4.78 is 26.7. The van der Waals surface area contributed by atoms with E-state index in [1.807, 2.05) is 94.4 Å². The third kappa shape index (κ3) is 9.46. The van der Waals surface area contributed by atoms with Crippen LogP contribution in [-0.2, 0) is 32.6 Å². The Kier molecular flexibility index (Phi) is 11.5. The van der Waals surface area contributed by atoms with Crippen LogP contribution in [-0.4, -0.2) is 50.0 Å². The fourth-order valence-corrected chi connectivity index (χ4v) is 5.85. The molecule has 3 aromatic rings. The standard InChI is InChI=1S/C33H43N3O4S/c1-6-27(4)34-33(38)31(23-28-16-8-7-9-17-28)35(24-29-18-12-14-25(2)22-29)32(37)20-13-21-36(41(5,39)40)30-19-11-10-15-26(30)3/h7-12,14-19,22,27,31H,6,13,20-21,23-24H2,1-5H3,(H,34,38)/t27-,31+/m0/s1. The van der Waals surface area contributed by atoms with Gasteiger partial charge in [-0.15, -0.1) is 0 Å². The van der Waals surface area contributed by atoms with E-state index >= 15 is 0 Å². The quantitative estimate of drug-likeness (QED) is 0.278. The second kappa shape index (κ2) is 14.8. The first-order chi connectivity index (χ1) is 19.5. The van der Waals surface area contributed by atoms with E-state index in [1.165, 1.54) is 10.6 Å². The van der Waals surface area contributed by atoms with Crippen LogP contribution in [0.1, 0.15) is 55.4 Å². The number of carbonyl (C=O) groups excluding carboxylic acids is 2. The minimum absolute atomic E-state index is 0.0332. The van der Waals surface area contributed by atoms with Crippen molar-refractivity contribution in [1.29, 1.82) is 0 Å². The molecule has 41 heavy (non-hydrogen) atoms. The average molecular weight is 578 g/mol. The van der Waals surface area contributed by atoms with Gasteiger partial charge in [0.15, 0.2) is 0 Å². The minimum Gasteiger partial charge on any atom is -0.352 e. The lowest BCUT2D eigenvalue weighted by atomic mass is 10.0. The normalized spacial score (nSPS) is 12.8. The maximum absolute atomic E-state index is 13.9. The van der Waals surface area contributed by atoms with Gasteiger partial charge < -0.3 is 10.2 Å². The highest BCUT2D eigenvalue weighted by molar-refractivity contribution is 7.92. The zero-order valence-corrected chi connectivity index (χ0v) is 25.7. The molecule has 0 unspecified atom stereocenters. The number of rotatable bonds is 14. The Labute approximate surface area is 245 Å². The molecule has 0 fully saturated rings. The summed E-state index contributed by atoms with van der Waals surface area (Å²) in [4.78, 5) is 29.3. The van der Waals surface area contributed by atoms with Gasteiger partial charge in [0.2, 0.25) is 21.8 Å². The fourth-order valence-electron chi connectivity index (χ4n) is 4.83. The number of hydrogen-bond acceptors (Lipinski definition) is 4. The molecule has 2 atom stereocenters. The summed E-state index contributed by atoms with van der Waals surface area (Å²) >= 11 is 0. The van der Waals surface area contributed by atoms with Gasteiger partial charge in [-0.25, -0.2) is 8.42 Å². The molecule has 3 aromatic carbocycles. The molecule has 0 aliphatic rings. The van der Waals surface area contributed by atoms with Gasteiger partial charge >= 0.3 is 0 Å². The van der Waals surface area contributed by atoms with Crippen LogP contribution in [0, 0.1) is 13.8 Å². The Bertz CT molecular complexity index is 1410. The molecule has 0 aliphatic carbocycles. The number of sulfonamides is 1. The summed E-state index contributed by atoms with van der Waals surface area (Å²) in [5.41, 5.74) is 4.41. The third-order valence-corrected chi connectivity index (χ3v) is 8.42. The lowest BCUT2D eigenvalue weighted by Gasteiger charge is -2.33. The average Bonchev–Trinajstić information content (AvgIpc) is 2.93. The van der Waals surface area contributed by atoms with Crippen molar-refractivity contribution in [2.75, 3.05) is 17.1 Å². The van der Waals surface area contributed by atoms with Crippen molar-refractivity contribution in [3.63, 3.8) is 0 Å². The highest BCUT2D eigenvalue weighted by Gasteiger charge is 2.31. The van der Waals surface area contributed by atoms with Crippen LogP contribution in [0.4, 0.5) is 5.69 Å². The van der Waals surface area contributed by atoms with Crippen molar-refractivity contribution in [2.45, 2.75) is 72.0 Å². The zero-order chi connectivity index (χ0) is 30.0.